The fraction of sp³-hybridized carbons (Fsp3) is 0.357. The molecular formula is C14H15N3O5. The summed E-state index contributed by atoms with van der Waals surface area (Å²) in [6.07, 6.45) is 0. The molecule has 1 saturated heterocycles. The first-order valence-electron chi connectivity index (χ1n) is 6.70. The molecule has 0 unspecified atom stereocenters. The van der Waals surface area contributed by atoms with Gasteiger partial charge in [0, 0.05) is 7.05 Å². The van der Waals surface area contributed by atoms with Gasteiger partial charge in [0.15, 0.2) is 11.5 Å². The van der Waals surface area contributed by atoms with E-state index in [9.17, 15) is 14.4 Å². The van der Waals surface area contributed by atoms with Crippen LogP contribution in [0.2, 0.25) is 0 Å². The number of likely N-dealkylation sites (N-methyl/N-ethyl adjacent to an activating group) is 1. The number of rotatable bonds is 3. The van der Waals surface area contributed by atoms with Crippen molar-refractivity contribution < 1.29 is 23.9 Å². The van der Waals surface area contributed by atoms with Gasteiger partial charge in [0.05, 0.1) is 0 Å². The van der Waals surface area contributed by atoms with E-state index in [0.717, 1.165) is 4.90 Å². The van der Waals surface area contributed by atoms with Crippen LogP contribution in [0.3, 0.4) is 0 Å². The highest BCUT2D eigenvalue weighted by Gasteiger charge is 2.49. The van der Waals surface area contributed by atoms with Crippen LogP contribution in [0.4, 0.5) is 4.79 Å². The highest BCUT2D eigenvalue weighted by atomic mass is 16.7. The molecule has 1 fully saturated rings. The van der Waals surface area contributed by atoms with Crippen molar-refractivity contribution in [3.8, 4) is 11.5 Å². The monoisotopic (exact) mass is 305 g/mol. The Morgan fingerprint density at radius 1 is 1.36 bits per heavy atom. The normalized spacial score (nSPS) is 22.7. The summed E-state index contributed by atoms with van der Waals surface area (Å²) in [5.41, 5.74) is -0.680. The standard InChI is InChI=1S/C14H15N3O5/c1-14(8-3-4-9-10(5-8)22-7-21-9)12(19)17(13(20)16-14)6-11(18)15-2/h3-5H,6-7H2,1-2H3,(H,15,18)(H,16,20)/t14-/m0/s1. The molecule has 22 heavy (non-hydrogen) atoms. The molecule has 8 nitrogen and oxygen atoms in total. The Bertz CT molecular complexity index is 674. The Morgan fingerprint density at radius 3 is 2.82 bits per heavy atom. The number of ether oxygens (including phenoxy) is 2. The molecule has 0 aromatic heterocycles. The minimum atomic E-state index is -1.24. The predicted octanol–water partition coefficient (Wildman–Crippen LogP) is -0.0717. The zero-order chi connectivity index (χ0) is 15.9. The number of nitrogens with zero attached hydrogens (tertiary/aromatic N) is 1. The van der Waals surface area contributed by atoms with E-state index in [1.807, 2.05) is 0 Å². The van der Waals surface area contributed by atoms with Crippen LogP contribution < -0.4 is 20.1 Å². The van der Waals surface area contributed by atoms with Gasteiger partial charge in [-0.25, -0.2) is 4.79 Å². The second-order valence-corrected chi connectivity index (χ2v) is 5.19. The van der Waals surface area contributed by atoms with Crippen molar-refractivity contribution in [3.63, 3.8) is 0 Å². The summed E-state index contributed by atoms with van der Waals surface area (Å²) in [4.78, 5) is 36.9. The molecule has 3 rings (SSSR count). The summed E-state index contributed by atoms with van der Waals surface area (Å²) in [7, 11) is 1.44. The number of benzene rings is 1. The minimum absolute atomic E-state index is 0.124. The average molecular weight is 305 g/mol. The molecule has 1 aromatic rings. The van der Waals surface area contributed by atoms with E-state index in [1.165, 1.54) is 7.05 Å². The first-order valence-corrected chi connectivity index (χ1v) is 6.70. The van der Waals surface area contributed by atoms with Crippen molar-refractivity contribution in [1.29, 1.82) is 0 Å². The molecule has 2 aliphatic rings. The van der Waals surface area contributed by atoms with Crippen LogP contribution in [0.1, 0.15) is 12.5 Å². The number of imide groups is 1. The van der Waals surface area contributed by atoms with E-state index in [4.69, 9.17) is 9.47 Å². The first-order chi connectivity index (χ1) is 10.5. The van der Waals surface area contributed by atoms with Crippen LogP contribution in [-0.4, -0.2) is 43.1 Å². The number of hydrogen-bond donors (Lipinski definition) is 2. The second kappa shape index (κ2) is 4.90. The Morgan fingerprint density at radius 2 is 2.09 bits per heavy atom. The van der Waals surface area contributed by atoms with Gasteiger partial charge in [-0.05, 0) is 24.6 Å². The molecule has 2 heterocycles. The van der Waals surface area contributed by atoms with Crippen LogP contribution in [-0.2, 0) is 15.1 Å². The third-order valence-electron chi connectivity index (χ3n) is 3.81. The second-order valence-electron chi connectivity index (χ2n) is 5.19. The van der Waals surface area contributed by atoms with Gasteiger partial charge in [0.25, 0.3) is 5.91 Å². The largest absolute Gasteiger partial charge is 0.454 e. The van der Waals surface area contributed by atoms with Crippen LogP contribution in [0, 0.1) is 0 Å². The number of urea groups is 1. The van der Waals surface area contributed by atoms with E-state index in [2.05, 4.69) is 10.6 Å². The third kappa shape index (κ3) is 2.03. The summed E-state index contributed by atoms with van der Waals surface area (Å²) >= 11 is 0. The Balaban J connectivity index is 1.91. The van der Waals surface area contributed by atoms with Gasteiger partial charge in [-0.1, -0.05) is 6.07 Å². The summed E-state index contributed by atoms with van der Waals surface area (Å²) in [5, 5.41) is 5.01. The smallest absolute Gasteiger partial charge is 0.325 e. The molecule has 0 bridgehead atoms. The van der Waals surface area contributed by atoms with Gasteiger partial charge in [-0.3, -0.25) is 14.5 Å². The molecule has 1 atom stereocenters. The van der Waals surface area contributed by atoms with Crippen LogP contribution in [0.25, 0.3) is 0 Å². The molecule has 0 spiro atoms. The maximum atomic E-state index is 12.6. The SMILES string of the molecule is CNC(=O)CN1C(=O)N[C@@](C)(c2ccc3c(c2)OCO3)C1=O. The van der Waals surface area contributed by atoms with Crippen molar-refractivity contribution in [2.45, 2.75) is 12.5 Å². The van der Waals surface area contributed by atoms with Crippen LogP contribution >= 0.6 is 0 Å². The predicted molar refractivity (Wildman–Crippen MR) is 74.2 cm³/mol. The van der Waals surface area contributed by atoms with E-state index < -0.39 is 23.4 Å². The lowest BCUT2D eigenvalue weighted by molar-refractivity contribution is -0.134. The quantitative estimate of drug-likeness (QED) is 0.762. The number of hydrogen-bond acceptors (Lipinski definition) is 5. The van der Waals surface area contributed by atoms with Crippen molar-refractivity contribution in [3.05, 3.63) is 23.8 Å². The average Bonchev–Trinajstić information content (AvgIpc) is 3.05. The van der Waals surface area contributed by atoms with Crippen LogP contribution in [0.5, 0.6) is 11.5 Å². The third-order valence-corrected chi connectivity index (χ3v) is 3.81. The molecule has 8 heteroatoms. The number of amides is 4. The highest BCUT2D eigenvalue weighted by Crippen LogP contribution is 2.37. The van der Waals surface area contributed by atoms with Gasteiger partial charge < -0.3 is 20.1 Å². The maximum absolute atomic E-state index is 12.6. The van der Waals surface area contributed by atoms with E-state index in [1.54, 1.807) is 25.1 Å². The number of carbonyl (C=O) groups excluding carboxylic acids is 3. The summed E-state index contributed by atoms with van der Waals surface area (Å²) < 4.78 is 10.5. The topological polar surface area (TPSA) is 97.0 Å². The Hall–Kier alpha value is -2.77. The van der Waals surface area contributed by atoms with Crippen molar-refractivity contribution in [2.75, 3.05) is 20.4 Å². The lowest BCUT2D eigenvalue weighted by atomic mass is 9.91. The molecule has 4 amide bonds. The van der Waals surface area contributed by atoms with E-state index in [-0.39, 0.29) is 13.3 Å². The van der Waals surface area contributed by atoms with Gasteiger partial charge >= 0.3 is 6.03 Å². The lowest BCUT2D eigenvalue weighted by Crippen LogP contribution is -2.42. The van der Waals surface area contributed by atoms with Crippen molar-refractivity contribution >= 4 is 17.8 Å². The maximum Gasteiger partial charge on any atom is 0.325 e. The fourth-order valence-electron chi connectivity index (χ4n) is 2.47. The molecular weight excluding hydrogens is 290 g/mol. The van der Waals surface area contributed by atoms with Crippen molar-refractivity contribution in [1.82, 2.24) is 15.5 Å². The molecule has 2 N–H and O–H groups in total. The lowest BCUT2D eigenvalue weighted by Gasteiger charge is -2.22. The number of carbonyl (C=O) groups is 3. The fourth-order valence-corrected chi connectivity index (χ4v) is 2.47. The van der Waals surface area contributed by atoms with Gasteiger partial charge in [0.1, 0.15) is 12.1 Å². The zero-order valence-electron chi connectivity index (χ0n) is 12.1. The van der Waals surface area contributed by atoms with E-state index >= 15 is 0 Å². The molecule has 116 valence electrons. The molecule has 1 aromatic carbocycles. The van der Waals surface area contributed by atoms with Crippen LogP contribution in [0.15, 0.2) is 18.2 Å². The summed E-state index contributed by atoms with van der Waals surface area (Å²) in [6, 6.07) is 4.43. The number of nitrogens with one attached hydrogen (secondary N) is 2. The molecule has 0 radical (unpaired) electrons. The van der Waals surface area contributed by atoms with Crippen molar-refractivity contribution in [2.24, 2.45) is 0 Å². The minimum Gasteiger partial charge on any atom is -0.454 e. The number of fused-ring (bicyclic) bond motifs is 1. The Labute approximate surface area is 126 Å². The Kier molecular flexibility index (Phi) is 3.16. The van der Waals surface area contributed by atoms with Gasteiger partial charge in [-0.2, -0.15) is 0 Å². The summed E-state index contributed by atoms with van der Waals surface area (Å²) in [5.74, 6) is 0.204. The molecule has 2 aliphatic heterocycles. The van der Waals surface area contributed by atoms with Gasteiger partial charge in [0.2, 0.25) is 12.7 Å². The first kappa shape index (κ1) is 14.2. The van der Waals surface area contributed by atoms with E-state index in [0.29, 0.717) is 17.1 Å². The zero-order valence-corrected chi connectivity index (χ0v) is 12.1. The highest BCUT2D eigenvalue weighted by molar-refractivity contribution is 6.09. The van der Waals surface area contributed by atoms with Gasteiger partial charge in [-0.15, -0.1) is 0 Å². The summed E-state index contributed by atoms with van der Waals surface area (Å²) in [6.45, 7) is 1.40. The molecule has 0 aliphatic carbocycles. The molecule has 0 saturated carbocycles.